The van der Waals surface area contributed by atoms with E-state index in [1.54, 1.807) is 13.0 Å². The molecule has 2 heterocycles. The molecule has 0 spiro atoms. The van der Waals surface area contributed by atoms with Crippen LogP contribution in [0.1, 0.15) is 34.6 Å². The molecule has 0 radical (unpaired) electrons. The molecule has 0 bridgehead atoms. The van der Waals surface area contributed by atoms with Gasteiger partial charge in [0.05, 0.1) is 18.9 Å². The largest absolute Gasteiger partial charge is 0.465 e. The van der Waals surface area contributed by atoms with Crippen molar-refractivity contribution in [3.63, 3.8) is 0 Å². The van der Waals surface area contributed by atoms with E-state index >= 15 is 0 Å². The number of methoxy groups -OCH3 is 1. The number of esters is 1. The van der Waals surface area contributed by atoms with Gasteiger partial charge in [0.25, 0.3) is 0 Å². The van der Waals surface area contributed by atoms with Crippen LogP contribution in [-0.2, 0) is 9.53 Å². The van der Waals surface area contributed by atoms with E-state index in [1.165, 1.54) is 7.11 Å². The Morgan fingerprint density at radius 1 is 1.36 bits per heavy atom. The summed E-state index contributed by atoms with van der Waals surface area (Å²) in [5.41, 5.74) is 0.747. The minimum Gasteiger partial charge on any atom is -0.465 e. The number of rotatable bonds is 6. The molecule has 0 aliphatic carbocycles. The maximum Gasteiger partial charge on any atom is 0.346 e. The van der Waals surface area contributed by atoms with Gasteiger partial charge >= 0.3 is 11.7 Å². The normalized spacial score (nSPS) is 13.1. The lowest BCUT2D eigenvalue weighted by Gasteiger charge is -2.15. The number of carbonyl (C=O) groups is 2. The van der Waals surface area contributed by atoms with Crippen molar-refractivity contribution in [3.05, 3.63) is 45.5 Å². The van der Waals surface area contributed by atoms with Crippen LogP contribution in [0.25, 0.3) is 0 Å². The number of hydrogen-bond donors (Lipinski definition) is 2. The predicted molar refractivity (Wildman–Crippen MR) is 101 cm³/mol. The summed E-state index contributed by atoms with van der Waals surface area (Å²) < 4.78 is 15.3. The molecule has 148 valence electrons. The maximum atomic E-state index is 12.3. The van der Waals surface area contributed by atoms with Crippen LogP contribution in [0.2, 0.25) is 0 Å². The molecule has 2 aromatic rings. The number of fused-ring (bicyclic) bond motifs is 1. The van der Waals surface area contributed by atoms with Gasteiger partial charge in [-0.3, -0.25) is 4.79 Å². The lowest BCUT2D eigenvalue weighted by molar-refractivity contribution is -0.119. The first-order valence-corrected chi connectivity index (χ1v) is 9.38. The molecule has 9 nitrogen and oxygen atoms in total. The summed E-state index contributed by atoms with van der Waals surface area (Å²) in [6.07, 6.45) is 0. The number of thioether (sulfide) groups is 1. The van der Waals surface area contributed by atoms with Crippen LogP contribution >= 0.6 is 11.8 Å². The predicted octanol–water partition coefficient (Wildman–Crippen LogP) is 1.56. The number of aromatic nitrogens is 2. The van der Waals surface area contributed by atoms with E-state index in [2.05, 4.69) is 15.3 Å². The molecule has 1 amide bonds. The summed E-state index contributed by atoms with van der Waals surface area (Å²) in [4.78, 5) is 42.1. The van der Waals surface area contributed by atoms with E-state index in [4.69, 9.17) is 14.2 Å². The van der Waals surface area contributed by atoms with E-state index in [-0.39, 0.29) is 35.1 Å². The van der Waals surface area contributed by atoms with Crippen LogP contribution in [0.5, 0.6) is 11.5 Å². The summed E-state index contributed by atoms with van der Waals surface area (Å²) in [6.45, 7) is 3.60. The lowest BCUT2D eigenvalue weighted by atomic mass is 10.1. The summed E-state index contributed by atoms with van der Waals surface area (Å²) in [5.74, 6) is 0.390. The fraction of sp³-hybridized carbons (Fsp3) is 0.333. The van der Waals surface area contributed by atoms with Gasteiger partial charge in [-0.25, -0.2) is 9.59 Å². The molecular weight excluding hydrogens is 386 g/mol. The highest BCUT2D eigenvalue weighted by Gasteiger charge is 2.21. The van der Waals surface area contributed by atoms with Crippen LogP contribution in [0, 0.1) is 6.92 Å². The Balaban J connectivity index is 1.66. The lowest BCUT2D eigenvalue weighted by Crippen LogP contribution is -2.28. The zero-order chi connectivity index (χ0) is 20.3. The topological polar surface area (TPSA) is 120 Å². The summed E-state index contributed by atoms with van der Waals surface area (Å²) in [5, 5.41) is 3.02. The Morgan fingerprint density at radius 2 is 2.11 bits per heavy atom. The monoisotopic (exact) mass is 405 g/mol. The molecule has 1 aromatic heterocycles. The average molecular weight is 405 g/mol. The third-order valence-corrected chi connectivity index (χ3v) is 5.07. The number of amides is 1. The molecule has 0 fully saturated rings. The van der Waals surface area contributed by atoms with Gasteiger partial charge in [-0.2, -0.15) is 4.98 Å². The van der Waals surface area contributed by atoms with E-state index in [1.807, 2.05) is 19.1 Å². The van der Waals surface area contributed by atoms with Crippen molar-refractivity contribution in [2.24, 2.45) is 0 Å². The minimum absolute atomic E-state index is 0.0191. The number of aromatic amines is 1. The van der Waals surface area contributed by atoms with Crippen molar-refractivity contribution in [1.82, 2.24) is 15.3 Å². The zero-order valence-corrected chi connectivity index (χ0v) is 16.3. The summed E-state index contributed by atoms with van der Waals surface area (Å²) in [7, 11) is 1.24. The van der Waals surface area contributed by atoms with Gasteiger partial charge in [-0.15, -0.1) is 0 Å². The van der Waals surface area contributed by atoms with Crippen LogP contribution < -0.4 is 20.5 Å². The Bertz CT molecular complexity index is 974. The van der Waals surface area contributed by atoms with Crippen molar-refractivity contribution in [2.75, 3.05) is 19.7 Å². The average Bonchev–Trinajstić information content (AvgIpc) is 3.13. The first kappa shape index (κ1) is 19.7. The minimum atomic E-state index is -0.627. The molecule has 1 atom stereocenters. The summed E-state index contributed by atoms with van der Waals surface area (Å²) in [6, 6.07) is 5.19. The Morgan fingerprint density at radius 3 is 2.86 bits per heavy atom. The standard InChI is InChI=1S/C18H19N3O6S/c1-9(11-4-5-12-13(6-11)27-8-26-12)19-14(22)7-28-16-15(17(23)25-3)10(2)20-18(24)21-16/h4-6,9H,7-8H2,1-3H3,(H,19,22)(H,20,21,24). The van der Waals surface area contributed by atoms with Crippen LogP contribution in [0.15, 0.2) is 28.0 Å². The molecule has 3 rings (SSSR count). The molecule has 10 heteroatoms. The third-order valence-electron chi connectivity index (χ3n) is 4.09. The number of nitrogens with one attached hydrogen (secondary N) is 2. The number of ether oxygens (including phenoxy) is 3. The second kappa shape index (κ2) is 8.34. The quantitative estimate of drug-likeness (QED) is 0.422. The van der Waals surface area contributed by atoms with Gasteiger partial charge in [-0.05, 0) is 31.5 Å². The molecule has 2 N–H and O–H groups in total. The fourth-order valence-electron chi connectivity index (χ4n) is 2.69. The second-order valence-corrected chi connectivity index (χ2v) is 6.99. The van der Waals surface area contributed by atoms with Crippen molar-refractivity contribution in [1.29, 1.82) is 0 Å². The Labute approximate surface area is 164 Å². The van der Waals surface area contributed by atoms with Crippen molar-refractivity contribution < 1.29 is 23.8 Å². The summed E-state index contributed by atoms with van der Waals surface area (Å²) >= 11 is 0.996. The first-order chi connectivity index (χ1) is 13.4. The van der Waals surface area contributed by atoms with Gasteiger partial charge in [-0.1, -0.05) is 17.8 Å². The van der Waals surface area contributed by atoms with Crippen molar-refractivity contribution in [2.45, 2.75) is 24.9 Å². The molecule has 1 aliphatic rings. The van der Waals surface area contributed by atoms with Crippen LogP contribution in [-0.4, -0.2) is 41.5 Å². The second-order valence-electron chi connectivity index (χ2n) is 6.03. The van der Waals surface area contributed by atoms with Crippen molar-refractivity contribution in [3.8, 4) is 11.5 Å². The molecule has 1 aromatic carbocycles. The smallest absolute Gasteiger partial charge is 0.346 e. The highest BCUT2D eigenvalue weighted by Crippen LogP contribution is 2.34. The van der Waals surface area contributed by atoms with E-state index in [0.29, 0.717) is 17.2 Å². The van der Waals surface area contributed by atoms with Gasteiger partial charge in [0.2, 0.25) is 12.7 Å². The number of carbonyl (C=O) groups excluding carboxylic acids is 2. The van der Waals surface area contributed by atoms with Gasteiger partial charge in [0.15, 0.2) is 11.5 Å². The number of aryl methyl sites for hydroxylation is 1. The van der Waals surface area contributed by atoms with Gasteiger partial charge in [0, 0.05) is 5.69 Å². The van der Waals surface area contributed by atoms with E-state index < -0.39 is 11.7 Å². The maximum absolute atomic E-state index is 12.3. The Hall–Kier alpha value is -3.01. The van der Waals surface area contributed by atoms with Crippen LogP contribution in [0.4, 0.5) is 0 Å². The molecule has 28 heavy (non-hydrogen) atoms. The number of H-pyrrole nitrogens is 1. The third kappa shape index (κ3) is 4.28. The van der Waals surface area contributed by atoms with Gasteiger partial charge < -0.3 is 24.5 Å². The molecule has 0 saturated heterocycles. The van der Waals surface area contributed by atoms with E-state index in [0.717, 1.165) is 17.3 Å². The highest BCUT2D eigenvalue weighted by atomic mass is 32.2. The number of benzene rings is 1. The zero-order valence-electron chi connectivity index (χ0n) is 15.5. The van der Waals surface area contributed by atoms with Crippen LogP contribution in [0.3, 0.4) is 0 Å². The molecular formula is C18H19N3O6S. The van der Waals surface area contributed by atoms with Gasteiger partial charge in [0.1, 0.15) is 10.6 Å². The molecule has 1 unspecified atom stereocenters. The molecule has 0 saturated carbocycles. The van der Waals surface area contributed by atoms with Crippen molar-refractivity contribution >= 4 is 23.6 Å². The first-order valence-electron chi connectivity index (χ1n) is 8.40. The molecule has 1 aliphatic heterocycles. The highest BCUT2D eigenvalue weighted by molar-refractivity contribution is 8.00. The Kier molecular flexibility index (Phi) is 5.88. The number of hydrogen-bond acceptors (Lipinski definition) is 8. The fourth-order valence-corrected chi connectivity index (χ4v) is 3.57. The number of nitrogens with zero attached hydrogens (tertiary/aromatic N) is 1. The SMILES string of the molecule is COC(=O)c1c(SCC(=O)NC(C)c2ccc3c(c2)OCO3)nc(=O)[nH]c1C. The van der Waals surface area contributed by atoms with E-state index in [9.17, 15) is 14.4 Å².